The second-order valence-electron chi connectivity index (χ2n) is 6.24. The SMILES string of the molecule is CCCc1nc2ccc(C(C(C)C)n3ccnc3)cc2[nH]c1=O. The van der Waals surface area contributed by atoms with Crippen LogP contribution in [0.3, 0.4) is 0 Å². The average Bonchev–Trinajstić information content (AvgIpc) is 3.02. The third kappa shape index (κ3) is 3.04. The number of fused-ring (bicyclic) bond motifs is 1. The minimum atomic E-state index is -0.0831. The number of H-pyrrole nitrogens is 1. The summed E-state index contributed by atoms with van der Waals surface area (Å²) in [5.74, 6) is 0.403. The molecule has 0 amide bonds. The summed E-state index contributed by atoms with van der Waals surface area (Å²) in [5.41, 5.74) is 3.30. The number of aromatic amines is 1. The van der Waals surface area contributed by atoms with Crippen LogP contribution in [-0.2, 0) is 6.42 Å². The van der Waals surface area contributed by atoms with Crippen LogP contribution in [0.1, 0.15) is 44.5 Å². The van der Waals surface area contributed by atoms with Gasteiger partial charge in [0, 0.05) is 12.4 Å². The molecule has 0 aliphatic heterocycles. The van der Waals surface area contributed by atoms with Crippen molar-refractivity contribution in [3.8, 4) is 0 Å². The molecule has 0 aliphatic carbocycles. The molecule has 0 radical (unpaired) electrons. The summed E-state index contributed by atoms with van der Waals surface area (Å²) < 4.78 is 2.10. The zero-order valence-electron chi connectivity index (χ0n) is 13.8. The van der Waals surface area contributed by atoms with Gasteiger partial charge in [-0.25, -0.2) is 9.97 Å². The lowest BCUT2D eigenvalue weighted by molar-refractivity contribution is 0.437. The quantitative estimate of drug-likeness (QED) is 0.786. The molecule has 1 N–H and O–H groups in total. The number of imidazole rings is 1. The van der Waals surface area contributed by atoms with Crippen molar-refractivity contribution in [2.45, 2.75) is 39.7 Å². The molecular weight excluding hydrogens is 288 g/mol. The lowest BCUT2D eigenvalue weighted by atomic mass is 9.95. The molecule has 120 valence electrons. The molecule has 23 heavy (non-hydrogen) atoms. The topological polar surface area (TPSA) is 63.6 Å². The van der Waals surface area contributed by atoms with E-state index in [9.17, 15) is 4.79 Å². The Bertz CT molecular complexity index is 849. The molecule has 0 bridgehead atoms. The molecule has 1 unspecified atom stereocenters. The predicted octanol–water partition coefficient (Wildman–Crippen LogP) is 3.32. The lowest BCUT2D eigenvalue weighted by Crippen LogP contribution is -2.17. The molecule has 5 nitrogen and oxygen atoms in total. The Balaban J connectivity index is 2.09. The lowest BCUT2D eigenvalue weighted by Gasteiger charge is -2.23. The van der Waals surface area contributed by atoms with Crippen molar-refractivity contribution in [3.63, 3.8) is 0 Å². The molecule has 3 rings (SSSR count). The van der Waals surface area contributed by atoms with Crippen LogP contribution < -0.4 is 5.56 Å². The number of aromatic nitrogens is 4. The van der Waals surface area contributed by atoms with E-state index >= 15 is 0 Å². The van der Waals surface area contributed by atoms with Crippen LogP contribution in [0, 0.1) is 5.92 Å². The van der Waals surface area contributed by atoms with Crippen molar-refractivity contribution in [1.82, 2.24) is 19.5 Å². The first-order chi connectivity index (χ1) is 11.1. The van der Waals surface area contributed by atoms with Gasteiger partial charge in [-0.15, -0.1) is 0 Å². The van der Waals surface area contributed by atoms with E-state index in [1.165, 1.54) is 0 Å². The standard InChI is InChI=1S/C18H22N4O/c1-4-5-15-18(23)21-16-10-13(6-7-14(16)20-15)17(12(2)3)22-9-8-19-11-22/h6-12,17H,4-5H2,1-3H3,(H,21,23). The fourth-order valence-corrected chi connectivity index (χ4v) is 3.07. The minimum Gasteiger partial charge on any atom is -0.330 e. The van der Waals surface area contributed by atoms with E-state index in [0.717, 1.165) is 23.0 Å². The number of hydrogen-bond acceptors (Lipinski definition) is 3. The molecule has 0 saturated heterocycles. The number of hydrogen-bond donors (Lipinski definition) is 1. The zero-order valence-corrected chi connectivity index (χ0v) is 13.8. The van der Waals surface area contributed by atoms with Crippen LogP contribution in [0.4, 0.5) is 0 Å². The van der Waals surface area contributed by atoms with Gasteiger partial charge in [0.05, 0.1) is 23.4 Å². The highest BCUT2D eigenvalue weighted by molar-refractivity contribution is 5.75. The Morgan fingerprint density at radius 3 is 2.78 bits per heavy atom. The first-order valence-corrected chi connectivity index (χ1v) is 8.10. The number of nitrogens with one attached hydrogen (secondary N) is 1. The Hall–Kier alpha value is -2.43. The molecule has 0 saturated carbocycles. The first kappa shape index (κ1) is 15.5. The molecule has 0 spiro atoms. The van der Waals surface area contributed by atoms with Gasteiger partial charge in [0.1, 0.15) is 5.69 Å². The Morgan fingerprint density at radius 1 is 1.30 bits per heavy atom. The Labute approximate surface area is 135 Å². The van der Waals surface area contributed by atoms with E-state index < -0.39 is 0 Å². The van der Waals surface area contributed by atoms with Gasteiger partial charge >= 0.3 is 0 Å². The fourth-order valence-electron chi connectivity index (χ4n) is 3.07. The van der Waals surface area contributed by atoms with Gasteiger partial charge in [-0.1, -0.05) is 33.3 Å². The Morgan fingerprint density at radius 2 is 2.13 bits per heavy atom. The van der Waals surface area contributed by atoms with Crippen molar-refractivity contribution in [2.24, 2.45) is 5.92 Å². The zero-order chi connectivity index (χ0) is 16.4. The summed E-state index contributed by atoms with van der Waals surface area (Å²) >= 11 is 0. The molecule has 2 heterocycles. The number of benzene rings is 1. The minimum absolute atomic E-state index is 0.0831. The smallest absolute Gasteiger partial charge is 0.270 e. The third-order valence-electron chi connectivity index (χ3n) is 4.09. The summed E-state index contributed by atoms with van der Waals surface area (Å²) in [6.45, 7) is 6.41. The molecule has 0 aliphatic rings. The number of rotatable bonds is 5. The number of aryl methyl sites for hydroxylation is 1. The largest absolute Gasteiger partial charge is 0.330 e. The van der Waals surface area contributed by atoms with Gasteiger partial charge < -0.3 is 9.55 Å². The molecule has 1 aromatic carbocycles. The highest BCUT2D eigenvalue weighted by Crippen LogP contribution is 2.27. The predicted molar refractivity (Wildman–Crippen MR) is 91.6 cm³/mol. The summed E-state index contributed by atoms with van der Waals surface area (Å²) in [5, 5.41) is 0. The second kappa shape index (κ2) is 6.36. The van der Waals surface area contributed by atoms with Crippen LogP contribution in [0.25, 0.3) is 11.0 Å². The van der Waals surface area contributed by atoms with E-state index in [2.05, 4.69) is 39.4 Å². The van der Waals surface area contributed by atoms with E-state index in [4.69, 9.17) is 0 Å². The monoisotopic (exact) mass is 310 g/mol. The van der Waals surface area contributed by atoms with E-state index in [1.54, 1.807) is 6.20 Å². The summed E-state index contributed by atoms with van der Waals surface area (Å²) in [6, 6.07) is 6.30. The highest BCUT2D eigenvalue weighted by atomic mass is 16.1. The van der Waals surface area contributed by atoms with E-state index in [1.807, 2.05) is 31.6 Å². The molecule has 1 atom stereocenters. The molecular formula is C18H22N4O. The molecule has 5 heteroatoms. The van der Waals surface area contributed by atoms with Crippen LogP contribution in [0.5, 0.6) is 0 Å². The van der Waals surface area contributed by atoms with Crippen molar-refractivity contribution < 1.29 is 0 Å². The van der Waals surface area contributed by atoms with Crippen LogP contribution in [-0.4, -0.2) is 19.5 Å². The van der Waals surface area contributed by atoms with Gasteiger partial charge in [-0.3, -0.25) is 4.79 Å². The van der Waals surface area contributed by atoms with Crippen molar-refractivity contribution in [2.75, 3.05) is 0 Å². The van der Waals surface area contributed by atoms with Gasteiger partial charge in [-0.05, 0) is 30.0 Å². The van der Waals surface area contributed by atoms with Gasteiger partial charge in [0.2, 0.25) is 0 Å². The van der Waals surface area contributed by atoms with Crippen LogP contribution >= 0.6 is 0 Å². The maximum Gasteiger partial charge on any atom is 0.270 e. The van der Waals surface area contributed by atoms with Crippen molar-refractivity contribution in [3.05, 3.63) is 58.5 Å². The summed E-state index contributed by atoms with van der Waals surface area (Å²) in [6.07, 6.45) is 7.21. The normalized spacial score (nSPS) is 12.9. The highest BCUT2D eigenvalue weighted by Gasteiger charge is 2.18. The van der Waals surface area contributed by atoms with Gasteiger partial charge in [0.15, 0.2) is 0 Å². The second-order valence-corrected chi connectivity index (χ2v) is 6.24. The van der Waals surface area contributed by atoms with Crippen LogP contribution in [0.15, 0.2) is 41.7 Å². The molecule has 3 aromatic rings. The maximum absolute atomic E-state index is 12.1. The van der Waals surface area contributed by atoms with Gasteiger partial charge in [-0.2, -0.15) is 0 Å². The Kier molecular flexibility index (Phi) is 4.28. The number of nitrogens with zero attached hydrogens (tertiary/aromatic N) is 3. The van der Waals surface area contributed by atoms with E-state index in [0.29, 0.717) is 18.0 Å². The summed E-state index contributed by atoms with van der Waals surface area (Å²) in [4.78, 5) is 23.8. The van der Waals surface area contributed by atoms with E-state index in [-0.39, 0.29) is 11.6 Å². The molecule has 2 aromatic heterocycles. The average molecular weight is 310 g/mol. The van der Waals surface area contributed by atoms with Crippen molar-refractivity contribution >= 4 is 11.0 Å². The van der Waals surface area contributed by atoms with Gasteiger partial charge in [0.25, 0.3) is 5.56 Å². The fraction of sp³-hybridized carbons (Fsp3) is 0.389. The third-order valence-corrected chi connectivity index (χ3v) is 4.09. The first-order valence-electron chi connectivity index (χ1n) is 8.10. The molecule has 0 fully saturated rings. The van der Waals surface area contributed by atoms with Crippen LogP contribution in [0.2, 0.25) is 0 Å². The van der Waals surface area contributed by atoms with Crippen molar-refractivity contribution in [1.29, 1.82) is 0 Å². The maximum atomic E-state index is 12.1. The summed E-state index contributed by atoms with van der Waals surface area (Å²) in [7, 11) is 0.